The first-order valence-corrected chi connectivity index (χ1v) is 11.2. The molecule has 0 bridgehead atoms. The van der Waals surface area contributed by atoms with Crippen molar-refractivity contribution >= 4 is 17.3 Å². The molecule has 0 aromatic heterocycles. The van der Waals surface area contributed by atoms with Crippen molar-refractivity contribution in [1.29, 1.82) is 0 Å². The number of piperidine rings is 1. The van der Waals surface area contributed by atoms with Gasteiger partial charge in [0.1, 0.15) is 5.75 Å². The highest BCUT2D eigenvalue weighted by molar-refractivity contribution is 5.73. The third kappa shape index (κ3) is 4.46. The number of ether oxygens (including phenoxy) is 1. The lowest BCUT2D eigenvalue weighted by atomic mass is 9.98. The van der Waals surface area contributed by atoms with E-state index in [1.807, 2.05) is 6.92 Å². The monoisotopic (exact) mass is 408 g/mol. The zero-order valence-electron chi connectivity index (χ0n) is 17.8. The molecule has 2 aromatic carbocycles. The lowest BCUT2D eigenvalue weighted by molar-refractivity contribution is -0.143. The molecule has 1 fully saturated rings. The van der Waals surface area contributed by atoms with Crippen molar-refractivity contribution in [2.45, 2.75) is 39.0 Å². The van der Waals surface area contributed by atoms with Gasteiger partial charge >= 0.3 is 5.97 Å². The van der Waals surface area contributed by atoms with Crippen LogP contribution in [0.3, 0.4) is 0 Å². The van der Waals surface area contributed by atoms with E-state index in [-0.39, 0.29) is 5.92 Å². The molecule has 2 aliphatic heterocycles. The predicted molar refractivity (Wildman–Crippen MR) is 120 cm³/mol. The van der Waals surface area contributed by atoms with E-state index >= 15 is 0 Å². The fourth-order valence-electron chi connectivity index (χ4n) is 4.88. The van der Waals surface area contributed by atoms with Crippen LogP contribution >= 0.6 is 0 Å². The summed E-state index contributed by atoms with van der Waals surface area (Å²) in [6, 6.07) is 15.1. The topological polar surface area (TPSA) is 53.0 Å². The minimum Gasteiger partial charge on any atom is -0.494 e. The van der Waals surface area contributed by atoms with Gasteiger partial charge in [0.15, 0.2) is 0 Å². The number of nitrogens with zero attached hydrogens (tertiary/aromatic N) is 2. The van der Waals surface area contributed by atoms with Gasteiger partial charge in [-0.05, 0) is 75.9 Å². The number of fused-ring (bicyclic) bond motifs is 2. The summed E-state index contributed by atoms with van der Waals surface area (Å²) >= 11 is 0. The molecule has 1 atom stereocenters. The average molecular weight is 409 g/mol. The number of aryl methyl sites for hydroxylation is 1. The Hall–Kier alpha value is -2.53. The summed E-state index contributed by atoms with van der Waals surface area (Å²) in [5, 5.41) is 9.36. The summed E-state index contributed by atoms with van der Waals surface area (Å²) in [7, 11) is 0. The Morgan fingerprint density at radius 2 is 1.93 bits per heavy atom. The highest BCUT2D eigenvalue weighted by Crippen LogP contribution is 2.40. The van der Waals surface area contributed by atoms with Crippen LogP contribution < -0.4 is 9.64 Å². The number of carbonyl (C=O) groups is 1. The molecule has 0 spiro atoms. The van der Waals surface area contributed by atoms with Gasteiger partial charge < -0.3 is 19.6 Å². The fraction of sp³-hybridized carbons (Fsp3) is 0.480. The number of hydrogen-bond acceptors (Lipinski definition) is 4. The molecule has 0 saturated carbocycles. The van der Waals surface area contributed by atoms with Gasteiger partial charge in [0, 0.05) is 30.0 Å². The predicted octanol–water partition coefficient (Wildman–Crippen LogP) is 4.51. The number of para-hydroxylation sites is 1. The average Bonchev–Trinajstić information content (AvgIpc) is 2.92. The molecule has 2 heterocycles. The Bertz CT molecular complexity index is 882. The minimum atomic E-state index is -0.654. The molecule has 160 valence electrons. The van der Waals surface area contributed by atoms with Gasteiger partial charge in [-0.25, -0.2) is 0 Å². The van der Waals surface area contributed by atoms with Gasteiger partial charge in [-0.2, -0.15) is 0 Å². The second kappa shape index (κ2) is 9.52. The summed E-state index contributed by atoms with van der Waals surface area (Å²) in [6.07, 6.45) is 4.77. The Labute approximate surface area is 179 Å². The normalized spacial score (nSPS) is 19.0. The van der Waals surface area contributed by atoms with E-state index in [2.05, 4.69) is 52.3 Å². The second-order valence-corrected chi connectivity index (χ2v) is 8.30. The van der Waals surface area contributed by atoms with Crippen molar-refractivity contribution in [2.75, 3.05) is 37.7 Å². The number of likely N-dealkylation sites (tertiary alicyclic amines) is 1. The molecular weight excluding hydrogens is 376 g/mol. The summed E-state index contributed by atoms with van der Waals surface area (Å²) in [6.45, 7) is 6.23. The Morgan fingerprint density at radius 3 is 2.77 bits per heavy atom. The number of anilines is 2. The summed E-state index contributed by atoms with van der Waals surface area (Å²) in [5.41, 5.74) is 5.19. The van der Waals surface area contributed by atoms with Gasteiger partial charge in [0.05, 0.1) is 12.5 Å². The van der Waals surface area contributed by atoms with Crippen LogP contribution in [0, 0.1) is 5.92 Å². The maximum Gasteiger partial charge on any atom is 0.307 e. The van der Waals surface area contributed by atoms with E-state index in [0.29, 0.717) is 13.2 Å². The number of benzene rings is 2. The summed E-state index contributed by atoms with van der Waals surface area (Å²) in [5.74, 6) is 0.124. The zero-order valence-corrected chi connectivity index (χ0v) is 17.8. The van der Waals surface area contributed by atoms with Gasteiger partial charge in [-0.3, -0.25) is 4.79 Å². The Kier molecular flexibility index (Phi) is 6.58. The van der Waals surface area contributed by atoms with E-state index in [0.717, 1.165) is 57.5 Å². The van der Waals surface area contributed by atoms with Crippen molar-refractivity contribution in [1.82, 2.24) is 4.90 Å². The Morgan fingerprint density at radius 1 is 1.10 bits per heavy atom. The molecule has 0 radical (unpaired) electrons. The molecule has 5 nitrogen and oxygen atoms in total. The highest BCUT2D eigenvalue weighted by Gasteiger charge is 2.26. The van der Waals surface area contributed by atoms with Gasteiger partial charge in [-0.1, -0.05) is 24.3 Å². The standard InChI is InChI=1S/C25H32N2O3/c1-2-30-24-12-5-11-23-21(24)14-13-19-8-3-4-10-22(19)27(23)17-7-16-26-15-6-9-20(18-26)25(28)29/h3-5,8,10-12,20H,2,6-7,9,13-18H2,1H3,(H,28,29)/t20-/m1/s1. The van der Waals surface area contributed by atoms with E-state index in [1.165, 1.54) is 22.5 Å². The number of carboxylic acid groups (broad SMARTS) is 1. The van der Waals surface area contributed by atoms with Crippen LogP contribution in [-0.4, -0.2) is 48.8 Å². The molecule has 2 aliphatic rings. The molecule has 0 amide bonds. The van der Waals surface area contributed by atoms with Crippen LogP contribution in [0.25, 0.3) is 0 Å². The largest absolute Gasteiger partial charge is 0.494 e. The maximum absolute atomic E-state index is 11.4. The maximum atomic E-state index is 11.4. The number of hydrogen-bond donors (Lipinski definition) is 1. The molecule has 0 aliphatic carbocycles. The lowest BCUT2D eigenvalue weighted by Gasteiger charge is -2.32. The summed E-state index contributed by atoms with van der Waals surface area (Å²) < 4.78 is 5.95. The third-order valence-electron chi connectivity index (χ3n) is 6.34. The molecule has 2 aromatic rings. The van der Waals surface area contributed by atoms with Crippen LogP contribution in [0.1, 0.15) is 37.3 Å². The van der Waals surface area contributed by atoms with Crippen LogP contribution in [0.4, 0.5) is 11.4 Å². The van der Waals surface area contributed by atoms with Crippen molar-refractivity contribution in [3.05, 3.63) is 53.6 Å². The van der Waals surface area contributed by atoms with Crippen molar-refractivity contribution < 1.29 is 14.6 Å². The van der Waals surface area contributed by atoms with Crippen molar-refractivity contribution in [2.24, 2.45) is 5.92 Å². The summed E-state index contributed by atoms with van der Waals surface area (Å²) in [4.78, 5) is 16.1. The minimum absolute atomic E-state index is 0.216. The molecule has 5 heteroatoms. The van der Waals surface area contributed by atoms with Crippen molar-refractivity contribution in [3.63, 3.8) is 0 Å². The fourth-order valence-corrected chi connectivity index (χ4v) is 4.88. The number of aliphatic carboxylic acids is 1. The first kappa shape index (κ1) is 20.7. The highest BCUT2D eigenvalue weighted by atomic mass is 16.5. The molecule has 1 N–H and O–H groups in total. The van der Waals surface area contributed by atoms with E-state index in [1.54, 1.807) is 0 Å². The van der Waals surface area contributed by atoms with E-state index in [4.69, 9.17) is 4.74 Å². The molecule has 0 unspecified atom stereocenters. The molecule has 30 heavy (non-hydrogen) atoms. The first-order valence-electron chi connectivity index (χ1n) is 11.2. The van der Waals surface area contributed by atoms with Gasteiger partial charge in [0.2, 0.25) is 0 Å². The van der Waals surface area contributed by atoms with E-state index < -0.39 is 5.97 Å². The van der Waals surface area contributed by atoms with Crippen molar-refractivity contribution in [3.8, 4) is 5.75 Å². The SMILES string of the molecule is CCOc1cccc2c1CCc1ccccc1N2CCCN1CCC[C@@H](C(=O)O)C1. The van der Waals surface area contributed by atoms with Gasteiger partial charge in [0.25, 0.3) is 0 Å². The first-order chi connectivity index (χ1) is 14.7. The lowest BCUT2D eigenvalue weighted by Crippen LogP contribution is -2.39. The Balaban J connectivity index is 1.53. The van der Waals surface area contributed by atoms with Gasteiger partial charge in [-0.15, -0.1) is 0 Å². The third-order valence-corrected chi connectivity index (χ3v) is 6.34. The van der Waals surface area contributed by atoms with E-state index in [9.17, 15) is 9.90 Å². The smallest absolute Gasteiger partial charge is 0.307 e. The van der Waals surface area contributed by atoms with Crippen LogP contribution in [0.15, 0.2) is 42.5 Å². The molecule has 4 rings (SSSR count). The quantitative estimate of drug-likeness (QED) is 0.731. The van der Waals surface area contributed by atoms with Crippen LogP contribution in [0.5, 0.6) is 5.75 Å². The molecule has 1 saturated heterocycles. The number of rotatable bonds is 7. The number of carboxylic acids is 1. The van der Waals surface area contributed by atoms with Crippen LogP contribution in [-0.2, 0) is 17.6 Å². The van der Waals surface area contributed by atoms with Crippen LogP contribution in [0.2, 0.25) is 0 Å². The molecular formula is C25H32N2O3. The zero-order chi connectivity index (χ0) is 20.9. The second-order valence-electron chi connectivity index (χ2n) is 8.30.